The molecule has 0 bridgehead atoms. The van der Waals surface area contributed by atoms with Crippen molar-refractivity contribution in [2.24, 2.45) is 17.8 Å². The van der Waals surface area contributed by atoms with Crippen molar-refractivity contribution in [1.29, 1.82) is 0 Å². The number of aliphatic hydroxyl groups excluding tert-OH is 1. The third kappa shape index (κ3) is 6.42. The van der Waals surface area contributed by atoms with Crippen molar-refractivity contribution in [3.63, 3.8) is 0 Å². The second-order valence-corrected chi connectivity index (χ2v) is 6.43. The summed E-state index contributed by atoms with van der Waals surface area (Å²) in [5.41, 5.74) is 0. The van der Waals surface area contributed by atoms with Gasteiger partial charge in [0.25, 0.3) is 0 Å². The molecule has 3 atom stereocenters. The highest BCUT2D eigenvalue weighted by Crippen LogP contribution is 2.31. The van der Waals surface area contributed by atoms with Crippen LogP contribution in [0, 0.1) is 17.8 Å². The molecule has 112 valence electrons. The maximum absolute atomic E-state index is 12.2. The van der Waals surface area contributed by atoms with Crippen molar-refractivity contribution >= 4 is 5.91 Å². The van der Waals surface area contributed by atoms with Gasteiger partial charge >= 0.3 is 0 Å². The highest BCUT2D eigenvalue weighted by Gasteiger charge is 2.24. The molecule has 3 unspecified atom stereocenters. The minimum absolute atomic E-state index is 0.182. The van der Waals surface area contributed by atoms with Gasteiger partial charge in [0, 0.05) is 12.5 Å². The molecule has 3 heteroatoms. The van der Waals surface area contributed by atoms with Crippen LogP contribution in [-0.4, -0.2) is 23.7 Å². The predicted molar refractivity (Wildman–Crippen MR) is 78.8 cm³/mol. The molecule has 0 aliphatic heterocycles. The van der Waals surface area contributed by atoms with Crippen molar-refractivity contribution in [2.75, 3.05) is 6.54 Å². The van der Waals surface area contributed by atoms with Crippen LogP contribution in [0.3, 0.4) is 0 Å². The third-order valence-corrected chi connectivity index (χ3v) is 4.32. The third-order valence-electron chi connectivity index (χ3n) is 4.32. The van der Waals surface area contributed by atoms with E-state index in [1.54, 1.807) is 6.92 Å². The lowest BCUT2D eigenvalue weighted by Gasteiger charge is -2.20. The number of carbonyl (C=O) groups excluding carboxylic acids is 1. The highest BCUT2D eigenvalue weighted by atomic mass is 16.3. The lowest BCUT2D eigenvalue weighted by atomic mass is 9.90. The number of carbonyl (C=O) groups is 1. The summed E-state index contributed by atoms with van der Waals surface area (Å²) in [4.78, 5) is 12.2. The average Bonchev–Trinajstić information content (AvgIpc) is 2.85. The molecule has 1 amide bonds. The van der Waals surface area contributed by atoms with Gasteiger partial charge in [-0.05, 0) is 38.0 Å². The highest BCUT2D eigenvalue weighted by molar-refractivity contribution is 5.78. The number of rotatable bonds is 8. The van der Waals surface area contributed by atoms with E-state index < -0.39 is 0 Å². The summed E-state index contributed by atoms with van der Waals surface area (Å²) < 4.78 is 0. The molecule has 2 N–H and O–H groups in total. The molecular formula is C16H31NO2. The van der Waals surface area contributed by atoms with Crippen molar-refractivity contribution in [3.05, 3.63) is 0 Å². The summed E-state index contributed by atoms with van der Waals surface area (Å²) in [7, 11) is 0. The lowest BCUT2D eigenvalue weighted by molar-refractivity contribution is -0.125. The van der Waals surface area contributed by atoms with Crippen molar-refractivity contribution in [2.45, 2.75) is 71.8 Å². The lowest BCUT2D eigenvalue weighted by Crippen LogP contribution is -2.35. The normalized spacial score (nSPS) is 21.1. The first-order valence-electron chi connectivity index (χ1n) is 7.98. The van der Waals surface area contributed by atoms with Gasteiger partial charge in [-0.25, -0.2) is 0 Å². The number of hydrogen-bond acceptors (Lipinski definition) is 2. The van der Waals surface area contributed by atoms with Crippen LogP contribution >= 0.6 is 0 Å². The molecule has 0 radical (unpaired) electrons. The summed E-state index contributed by atoms with van der Waals surface area (Å²) >= 11 is 0. The number of nitrogens with one attached hydrogen (secondary N) is 1. The van der Waals surface area contributed by atoms with Crippen molar-refractivity contribution in [3.8, 4) is 0 Å². The smallest absolute Gasteiger partial charge is 0.223 e. The Balaban J connectivity index is 2.28. The zero-order valence-corrected chi connectivity index (χ0v) is 12.8. The van der Waals surface area contributed by atoms with Crippen LogP contribution in [0.2, 0.25) is 0 Å². The largest absolute Gasteiger partial charge is 0.393 e. The Morgan fingerprint density at radius 3 is 2.47 bits per heavy atom. The molecule has 19 heavy (non-hydrogen) atoms. The number of aliphatic hydroxyl groups is 1. The van der Waals surface area contributed by atoms with Crippen molar-refractivity contribution < 1.29 is 9.90 Å². The summed E-state index contributed by atoms with van der Waals surface area (Å²) in [5.74, 6) is 1.51. The molecule has 0 aromatic carbocycles. The fourth-order valence-corrected chi connectivity index (χ4v) is 3.19. The van der Waals surface area contributed by atoms with Gasteiger partial charge in [0.05, 0.1) is 6.10 Å². The monoisotopic (exact) mass is 269 g/mol. The Labute approximate surface area is 118 Å². The Bertz CT molecular complexity index is 259. The minimum atomic E-state index is -0.285. The van der Waals surface area contributed by atoms with Gasteiger partial charge in [0.1, 0.15) is 0 Å². The summed E-state index contributed by atoms with van der Waals surface area (Å²) in [6.45, 7) is 6.67. The van der Waals surface area contributed by atoms with Crippen LogP contribution in [0.15, 0.2) is 0 Å². The van der Waals surface area contributed by atoms with Crippen LogP contribution in [0.5, 0.6) is 0 Å². The maximum atomic E-state index is 12.2. The maximum Gasteiger partial charge on any atom is 0.223 e. The first-order chi connectivity index (χ1) is 9.02. The average molecular weight is 269 g/mol. The van der Waals surface area contributed by atoms with Crippen LogP contribution < -0.4 is 5.32 Å². The van der Waals surface area contributed by atoms with Gasteiger partial charge in [0.15, 0.2) is 0 Å². The molecule has 1 rings (SSSR count). The van der Waals surface area contributed by atoms with Gasteiger partial charge < -0.3 is 10.4 Å². The first-order valence-corrected chi connectivity index (χ1v) is 7.98. The molecule has 0 saturated heterocycles. The van der Waals surface area contributed by atoms with Gasteiger partial charge in [-0.15, -0.1) is 0 Å². The Kier molecular flexibility index (Phi) is 7.44. The topological polar surface area (TPSA) is 49.3 Å². The summed E-state index contributed by atoms with van der Waals surface area (Å²) in [6.07, 6.45) is 7.76. The van der Waals surface area contributed by atoms with E-state index in [-0.39, 0.29) is 17.9 Å². The van der Waals surface area contributed by atoms with E-state index in [2.05, 4.69) is 19.2 Å². The molecule has 0 aromatic rings. The molecular weight excluding hydrogens is 238 g/mol. The predicted octanol–water partition coefficient (Wildman–Crippen LogP) is 3.12. The second-order valence-electron chi connectivity index (χ2n) is 6.43. The van der Waals surface area contributed by atoms with E-state index in [4.69, 9.17) is 0 Å². The molecule has 1 aliphatic rings. The zero-order valence-electron chi connectivity index (χ0n) is 12.8. The van der Waals surface area contributed by atoms with Crippen molar-refractivity contribution in [1.82, 2.24) is 5.32 Å². The molecule has 3 nitrogen and oxygen atoms in total. The van der Waals surface area contributed by atoms with Crippen LogP contribution in [-0.2, 0) is 4.79 Å². The summed E-state index contributed by atoms with van der Waals surface area (Å²) in [6, 6.07) is 0. The minimum Gasteiger partial charge on any atom is -0.393 e. The van der Waals surface area contributed by atoms with Gasteiger partial charge in [-0.1, -0.05) is 39.5 Å². The fraction of sp³-hybridized carbons (Fsp3) is 0.938. The zero-order chi connectivity index (χ0) is 14.3. The number of hydrogen-bond donors (Lipinski definition) is 2. The van der Waals surface area contributed by atoms with E-state index in [0.29, 0.717) is 12.5 Å². The molecule has 0 spiro atoms. The standard InChI is InChI=1S/C16H31NO2/c1-4-15(10-14-7-5-6-8-14)16(19)17-11-12(2)9-13(3)18/h12-15,18H,4-11H2,1-3H3,(H,17,19). The Hall–Kier alpha value is -0.570. The van der Waals surface area contributed by atoms with E-state index in [9.17, 15) is 9.90 Å². The van der Waals surface area contributed by atoms with Crippen LogP contribution in [0.1, 0.15) is 65.7 Å². The summed E-state index contributed by atoms with van der Waals surface area (Å²) in [5, 5.41) is 12.4. The van der Waals surface area contributed by atoms with Crippen LogP contribution in [0.25, 0.3) is 0 Å². The van der Waals surface area contributed by atoms with E-state index in [1.807, 2.05) is 0 Å². The SMILES string of the molecule is CCC(CC1CCCC1)C(=O)NCC(C)CC(C)O. The first kappa shape index (κ1) is 16.5. The van der Waals surface area contributed by atoms with E-state index in [1.165, 1.54) is 25.7 Å². The Morgan fingerprint density at radius 2 is 1.95 bits per heavy atom. The van der Waals surface area contributed by atoms with Gasteiger partial charge in [-0.2, -0.15) is 0 Å². The van der Waals surface area contributed by atoms with E-state index in [0.717, 1.165) is 25.2 Å². The number of amides is 1. The van der Waals surface area contributed by atoms with Crippen LogP contribution in [0.4, 0.5) is 0 Å². The molecule has 0 aromatic heterocycles. The molecule has 1 fully saturated rings. The van der Waals surface area contributed by atoms with Gasteiger partial charge in [-0.3, -0.25) is 4.79 Å². The molecule has 0 heterocycles. The van der Waals surface area contributed by atoms with E-state index >= 15 is 0 Å². The molecule has 1 saturated carbocycles. The van der Waals surface area contributed by atoms with Gasteiger partial charge in [0.2, 0.25) is 5.91 Å². The quantitative estimate of drug-likeness (QED) is 0.711. The Morgan fingerprint density at radius 1 is 1.32 bits per heavy atom. The fourth-order valence-electron chi connectivity index (χ4n) is 3.19. The molecule has 1 aliphatic carbocycles. The second kappa shape index (κ2) is 8.57.